The fraction of sp³-hybridized carbons (Fsp3) is 0.0800. The van der Waals surface area contributed by atoms with Gasteiger partial charge in [0.2, 0.25) is 0 Å². The van der Waals surface area contributed by atoms with Gasteiger partial charge in [0.25, 0.3) is 0 Å². The molecule has 7 aromatic carbocycles. The summed E-state index contributed by atoms with van der Waals surface area (Å²) in [7, 11) is 0. The van der Waals surface area contributed by atoms with Crippen LogP contribution in [0.2, 0.25) is 0 Å². The molecule has 0 radical (unpaired) electrons. The summed E-state index contributed by atoms with van der Waals surface area (Å²) in [6.07, 6.45) is 9.68. The molecule has 7 aromatic rings. The van der Waals surface area contributed by atoms with E-state index in [4.69, 9.17) is 0 Å². The van der Waals surface area contributed by atoms with Gasteiger partial charge in [0.1, 0.15) is 0 Å². The molecule has 0 saturated carbocycles. The second-order valence-corrected chi connectivity index (χ2v) is 14.2. The molecule has 0 atom stereocenters. The summed E-state index contributed by atoms with van der Waals surface area (Å²) in [6.45, 7) is 0. The van der Waals surface area contributed by atoms with E-state index in [9.17, 15) is 0 Å². The average Bonchev–Trinajstić information content (AvgIpc) is 3.19. The van der Waals surface area contributed by atoms with Crippen LogP contribution in [0.25, 0.3) is 24.3 Å². The van der Waals surface area contributed by atoms with Crippen molar-refractivity contribution in [3.63, 3.8) is 0 Å². The monoisotopic (exact) mass is 634 g/mol. The predicted molar refractivity (Wildman–Crippen MR) is 207 cm³/mol. The Morgan fingerprint density at radius 1 is 0.240 bits per heavy atom. The van der Waals surface area contributed by atoms with Crippen molar-refractivity contribution in [2.75, 3.05) is 0 Å². The SMILES string of the molecule is C(=C\c1c2c(c(/C=C/c3ccccc3)c3c1C1c4ccccc4C3c3ccccc31)C1c3ccccc3C2c2ccccc21)/c1ccccc1. The first kappa shape index (κ1) is 27.9. The van der Waals surface area contributed by atoms with Gasteiger partial charge >= 0.3 is 0 Å². The molecule has 0 unspecified atom stereocenters. The van der Waals surface area contributed by atoms with Crippen molar-refractivity contribution in [2.45, 2.75) is 23.7 Å². The van der Waals surface area contributed by atoms with Crippen molar-refractivity contribution in [1.29, 1.82) is 0 Å². The average molecular weight is 635 g/mol. The van der Waals surface area contributed by atoms with Crippen LogP contribution >= 0.6 is 0 Å². The third-order valence-electron chi connectivity index (χ3n) is 11.9. The summed E-state index contributed by atoms with van der Waals surface area (Å²) in [4.78, 5) is 0. The molecule has 0 heteroatoms. The molecule has 0 nitrogen and oxygen atoms in total. The highest BCUT2D eigenvalue weighted by Crippen LogP contribution is 2.64. The van der Waals surface area contributed by atoms with E-state index < -0.39 is 0 Å². The highest BCUT2D eigenvalue weighted by atomic mass is 14.5. The number of hydrogen-bond acceptors (Lipinski definition) is 0. The summed E-state index contributed by atoms with van der Waals surface area (Å²) in [5, 5.41) is 0. The molecule has 0 spiro atoms. The van der Waals surface area contributed by atoms with Crippen LogP contribution in [-0.2, 0) is 0 Å². The zero-order valence-electron chi connectivity index (χ0n) is 27.6. The van der Waals surface area contributed by atoms with Crippen LogP contribution in [0.15, 0.2) is 158 Å². The minimum atomic E-state index is 0.165. The van der Waals surface area contributed by atoms with E-state index in [1.165, 1.54) is 89.0 Å². The number of hydrogen-bond donors (Lipinski definition) is 0. The molecule has 6 aliphatic rings. The molecule has 0 aromatic heterocycles. The van der Waals surface area contributed by atoms with Gasteiger partial charge in [0.15, 0.2) is 0 Å². The van der Waals surface area contributed by atoms with Crippen LogP contribution in [0.5, 0.6) is 0 Å². The molecular formula is C50H34. The Balaban J connectivity index is 1.31. The van der Waals surface area contributed by atoms with E-state index in [-0.39, 0.29) is 23.7 Å². The second kappa shape index (κ2) is 10.8. The van der Waals surface area contributed by atoms with Crippen molar-refractivity contribution in [3.05, 3.63) is 247 Å². The van der Waals surface area contributed by atoms with Gasteiger partial charge in [-0.05, 0) is 89.0 Å². The Kier molecular flexibility index (Phi) is 6.01. The highest BCUT2D eigenvalue weighted by Gasteiger charge is 2.49. The van der Waals surface area contributed by atoms with Gasteiger partial charge in [-0.15, -0.1) is 0 Å². The lowest BCUT2D eigenvalue weighted by molar-refractivity contribution is 0.711. The summed E-state index contributed by atoms with van der Waals surface area (Å²) in [6, 6.07) is 58.8. The van der Waals surface area contributed by atoms with Gasteiger partial charge in [-0.1, -0.05) is 182 Å². The van der Waals surface area contributed by atoms with E-state index in [1.807, 2.05) is 0 Å². The van der Waals surface area contributed by atoms with Crippen LogP contribution in [-0.4, -0.2) is 0 Å². The van der Waals surface area contributed by atoms with E-state index in [0.717, 1.165) is 0 Å². The van der Waals surface area contributed by atoms with Crippen molar-refractivity contribution < 1.29 is 0 Å². The quantitative estimate of drug-likeness (QED) is 0.169. The fourth-order valence-corrected chi connectivity index (χ4v) is 10.0. The normalized spacial score (nSPS) is 19.8. The number of benzene rings is 7. The van der Waals surface area contributed by atoms with Gasteiger partial charge in [-0.2, -0.15) is 0 Å². The molecule has 0 aliphatic heterocycles. The summed E-state index contributed by atoms with van der Waals surface area (Å²) < 4.78 is 0. The van der Waals surface area contributed by atoms with Crippen molar-refractivity contribution in [2.24, 2.45) is 0 Å². The lowest BCUT2D eigenvalue weighted by Gasteiger charge is -2.49. The summed E-state index contributed by atoms with van der Waals surface area (Å²) in [5.74, 6) is 0.659. The van der Waals surface area contributed by atoms with E-state index >= 15 is 0 Å². The van der Waals surface area contributed by atoms with Gasteiger partial charge in [-0.3, -0.25) is 0 Å². The Morgan fingerprint density at radius 2 is 0.460 bits per heavy atom. The van der Waals surface area contributed by atoms with Gasteiger partial charge in [0, 0.05) is 23.7 Å². The molecule has 6 aliphatic carbocycles. The van der Waals surface area contributed by atoms with Crippen LogP contribution in [0.1, 0.15) is 113 Å². The molecule has 13 rings (SSSR count). The largest absolute Gasteiger partial charge is 0.0622 e. The minimum absolute atomic E-state index is 0.165. The predicted octanol–water partition coefficient (Wildman–Crippen LogP) is 12.0. The van der Waals surface area contributed by atoms with Crippen molar-refractivity contribution in [1.82, 2.24) is 0 Å². The summed E-state index contributed by atoms with van der Waals surface area (Å²) >= 11 is 0. The van der Waals surface area contributed by atoms with Gasteiger partial charge in [0.05, 0.1) is 0 Å². The molecule has 234 valence electrons. The van der Waals surface area contributed by atoms with Crippen molar-refractivity contribution >= 4 is 24.3 Å². The molecule has 4 bridgehead atoms. The maximum atomic E-state index is 2.48. The van der Waals surface area contributed by atoms with Gasteiger partial charge in [-0.25, -0.2) is 0 Å². The molecule has 0 saturated heterocycles. The first-order valence-corrected chi connectivity index (χ1v) is 17.9. The molecule has 0 amide bonds. The van der Waals surface area contributed by atoms with Crippen LogP contribution in [0.3, 0.4) is 0 Å². The molecular weight excluding hydrogens is 601 g/mol. The third kappa shape index (κ3) is 3.82. The molecule has 50 heavy (non-hydrogen) atoms. The maximum Gasteiger partial charge on any atom is 0.0355 e. The minimum Gasteiger partial charge on any atom is -0.0622 e. The fourth-order valence-electron chi connectivity index (χ4n) is 10.0. The highest BCUT2D eigenvalue weighted by molar-refractivity contribution is 5.90. The van der Waals surface area contributed by atoms with Crippen LogP contribution < -0.4 is 0 Å². The first-order valence-electron chi connectivity index (χ1n) is 17.9. The van der Waals surface area contributed by atoms with E-state index in [2.05, 4.69) is 182 Å². The lowest BCUT2D eigenvalue weighted by Crippen LogP contribution is -2.34. The molecule has 0 fully saturated rings. The van der Waals surface area contributed by atoms with E-state index in [1.54, 1.807) is 0 Å². The topological polar surface area (TPSA) is 0 Å². The van der Waals surface area contributed by atoms with Crippen molar-refractivity contribution in [3.8, 4) is 0 Å². The van der Waals surface area contributed by atoms with E-state index in [0.29, 0.717) is 0 Å². The Bertz CT molecular complexity index is 2150. The van der Waals surface area contributed by atoms with Gasteiger partial charge < -0.3 is 0 Å². The third-order valence-corrected chi connectivity index (χ3v) is 11.9. The Morgan fingerprint density at radius 3 is 0.700 bits per heavy atom. The molecule has 0 N–H and O–H groups in total. The van der Waals surface area contributed by atoms with Crippen LogP contribution in [0, 0.1) is 0 Å². The Hall–Kier alpha value is -5.98. The zero-order chi connectivity index (χ0) is 32.8. The first-order chi connectivity index (χ1) is 24.9. The molecule has 0 heterocycles. The maximum absolute atomic E-state index is 2.48. The zero-order valence-corrected chi connectivity index (χ0v) is 27.6. The van der Waals surface area contributed by atoms with Crippen LogP contribution in [0.4, 0.5) is 0 Å². The smallest absolute Gasteiger partial charge is 0.0355 e. The lowest BCUT2D eigenvalue weighted by atomic mass is 9.53. The number of rotatable bonds is 4. The Labute approximate surface area is 293 Å². The standard InChI is InChI=1S/C50H34/c1-3-15-31(16-4-1)27-29-41-47-43-33-19-7-11-23-37(33)45(38-24-12-8-20-34(38)43)49(47)42(30-28-32-17-5-2-6-18-32)50-46-39-25-13-9-21-35(39)44(48(41)50)36-22-10-14-26-40(36)46/h1-30,43-46H/b29-27+,30-28+. The second-order valence-electron chi connectivity index (χ2n) is 14.2. The summed E-state index contributed by atoms with van der Waals surface area (Å²) in [5.41, 5.74) is 22.9.